The molecular formula is C31H32N4O7. The standard InChI is InChI=1S/C31H32N4O7/c1-22(37)33-24-7-5-6-23(16-24)18-32-30(39)28-17-31(40-14-15-41-31)20-35(28)29(38)19-34(21-36)25-10-12-27(13-11-25)42-26-8-3-2-4-9-26/h2-13,16,21,28H,14-15,17-20H2,1H3,(H,32,39)(H,33,37)/t28-/m0/s1. The predicted molar refractivity (Wildman–Crippen MR) is 154 cm³/mol. The number of carbonyl (C=O) groups excluding carboxylic acids is 4. The van der Waals surface area contributed by atoms with Crippen molar-refractivity contribution in [3.05, 3.63) is 84.4 Å². The Morgan fingerprint density at radius 2 is 1.71 bits per heavy atom. The van der Waals surface area contributed by atoms with E-state index in [0.717, 1.165) is 5.56 Å². The highest BCUT2D eigenvalue weighted by Gasteiger charge is 2.52. The fourth-order valence-corrected chi connectivity index (χ4v) is 5.07. The summed E-state index contributed by atoms with van der Waals surface area (Å²) < 4.78 is 17.5. The van der Waals surface area contributed by atoms with Crippen molar-refractivity contribution >= 4 is 35.5 Å². The van der Waals surface area contributed by atoms with Crippen LogP contribution in [0.2, 0.25) is 0 Å². The summed E-state index contributed by atoms with van der Waals surface area (Å²) in [5, 5.41) is 5.60. The monoisotopic (exact) mass is 572 g/mol. The number of anilines is 2. The molecule has 218 valence electrons. The van der Waals surface area contributed by atoms with Gasteiger partial charge in [0.1, 0.15) is 24.1 Å². The topological polar surface area (TPSA) is 127 Å². The number of hydrogen-bond donors (Lipinski definition) is 2. The highest BCUT2D eigenvalue weighted by molar-refractivity contribution is 5.93. The van der Waals surface area contributed by atoms with E-state index in [4.69, 9.17) is 14.2 Å². The number of rotatable bonds is 10. The zero-order valence-corrected chi connectivity index (χ0v) is 23.2. The number of benzene rings is 3. The Morgan fingerprint density at radius 3 is 2.40 bits per heavy atom. The number of nitrogens with one attached hydrogen (secondary N) is 2. The summed E-state index contributed by atoms with van der Waals surface area (Å²) in [7, 11) is 0. The van der Waals surface area contributed by atoms with Crippen molar-refractivity contribution in [3.63, 3.8) is 0 Å². The van der Waals surface area contributed by atoms with Crippen molar-refractivity contribution in [2.75, 3.05) is 36.5 Å². The molecule has 2 saturated heterocycles. The minimum atomic E-state index is -1.06. The highest BCUT2D eigenvalue weighted by Crippen LogP contribution is 2.35. The first-order chi connectivity index (χ1) is 20.3. The molecule has 11 heteroatoms. The number of ether oxygens (including phenoxy) is 3. The predicted octanol–water partition coefficient (Wildman–Crippen LogP) is 3.06. The molecule has 2 aliphatic heterocycles. The van der Waals surface area contributed by atoms with Crippen molar-refractivity contribution < 1.29 is 33.4 Å². The molecule has 5 rings (SSSR count). The Kier molecular flexibility index (Phi) is 8.80. The fourth-order valence-electron chi connectivity index (χ4n) is 5.07. The lowest BCUT2D eigenvalue weighted by molar-refractivity contribution is -0.152. The van der Waals surface area contributed by atoms with E-state index in [1.807, 2.05) is 36.4 Å². The smallest absolute Gasteiger partial charge is 0.243 e. The van der Waals surface area contributed by atoms with Crippen molar-refractivity contribution in [1.82, 2.24) is 10.2 Å². The Morgan fingerprint density at radius 1 is 1.00 bits per heavy atom. The van der Waals surface area contributed by atoms with Gasteiger partial charge in [0.25, 0.3) is 0 Å². The number of amides is 4. The molecule has 2 heterocycles. The highest BCUT2D eigenvalue weighted by atomic mass is 16.7. The third-order valence-corrected chi connectivity index (χ3v) is 7.02. The number of para-hydroxylation sites is 1. The third-order valence-electron chi connectivity index (χ3n) is 7.02. The van der Waals surface area contributed by atoms with Crippen LogP contribution < -0.4 is 20.3 Å². The van der Waals surface area contributed by atoms with E-state index in [1.165, 1.54) is 16.7 Å². The maximum Gasteiger partial charge on any atom is 0.243 e. The summed E-state index contributed by atoms with van der Waals surface area (Å²) in [5.74, 6) is -0.792. The minimum absolute atomic E-state index is 0.0679. The van der Waals surface area contributed by atoms with Crippen LogP contribution in [-0.2, 0) is 35.2 Å². The van der Waals surface area contributed by atoms with Gasteiger partial charge in [0, 0.05) is 31.3 Å². The molecular weight excluding hydrogens is 540 g/mol. The summed E-state index contributed by atoms with van der Waals surface area (Å²) in [6.45, 7) is 2.13. The van der Waals surface area contributed by atoms with Crippen LogP contribution in [0.3, 0.4) is 0 Å². The molecule has 4 amide bonds. The zero-order valence-electron chi connectivity index (χ0n) is 23.2. The number of hydrogen-bond acceptors (Lipinski definition) is 7. The second kappa shape index (κ2) is 12.8. The molecule has 11 nitrogen and oxygen atoms in total. The van der Waals surface area contributed by atoms with Crippen LogP contribution in [0, 0.1) is 0 Å². The minimum Gasteiger partial charge on any atom is -0.457 e. The molecule has 0 aromatic heterocycles. The van der Waals surface area contributed by atoms with Crippen LogP contribution in [0.1, 0.15) is 18.9 Å². The largest absolute Gasteiger partial charge is 0.457 e. The second-order valence-electron chi connectivity index (χ2n) is 10.1. The molecule has 42 heavy (non-hydrogen) atoms. The molecule has 1 spiro atoms. The lowest BCUT2D eigenvalue weighted by atomic mass is 10.1. The van der Waals surface area contributed by atoms with Gasteiger partial charge in [-0.1, -0.05) is 30.3 Å². The Labute approximate surface area is 243 Å². The van der Waals surface area contributed by atoms with Crippen LogP contribution in [0.25, 0.3) is 0 Å². The Hall–Kier alpha value is -4.74. The number of likely N-dealkylation sites (tertiary alicyclic amines) is 1. The van der Waals surface area contributed by atoms with Gasteiger partial charge in [0.05, 0.1) is 19.8 Å². The maximum atomic E-state index is 13.5. The van der Waals surface area contributed by atoms with Crippen LogP contribution >= 0.6 is 0 Å². The molecule has 0 radical (unpaired) electrons. The molecule has 0 bridgehead atoms. The molecule has 0 aliphatic carbocycles. The van der Waals surface area contributed by atoms with Crippen LogP contribution in [0.5, 0.6) is 11.5 Å². The van der Waals surface area contributed by atoms with Gasteiger partial charge in [-0.3, -0.25) is 19.2 Å². The van der Waals surface area contributed by atoms with Gasteiger partial charge in [0.15, 0.2) is 5.79 Å². The molecule has 2 aliphatic rings. The van der Waals surface area contributed by atoms with Gasteiger partial charge in [0.2, 0.25) is 24.1 Å². The second-order valence-corrected chi connectivity index (χ2v) is 10.1. The molecule has 3 aromatic rings. The first kappa shape index (κ1) is 28.8. The first-order valence-corrected chi connectivity index (χ1v) is 13.6. The van der Waals surface area contributed by atoms with Gasteiger partial charge < -0.3 is 34.6 Å². The van der Waals surface area contributed by atoms with E-state index in [2.05, 4.69) is 10.6 Å². The SMILES string of the molecule is CC(=O)Nc1cccc(CNC(=O)[C@@H]2CC3(CN2C(=O)CN(C=O)c2ccc(Oc4ccccc4)cc2)OCCO3)c1. The first-order valence-electron chi connectivity index (χ1n) is 13.6. The van der Waals surface area contributed by atoms with Gasteiger partial charge in [-0.05, 0) is 54.1 Å². The van der Waals surface area contributed by atoms with E-state index < -0.39 is 17.7 Å². The number of carbonyl (C=O) groups is 4. The molecule has 0 saturated carbocycles. The number of nitrogens with zero attached hydrogens (tertiary/aromatic N) is 2. The third kappa shape index (κ3) is 6.93. The van der Waals surface area contributed by atoms with E-state index in [-0.39, 0.29) is 37.9 Å². The van der Waals surface area contributed by atoms with Gasteiger partial charge in [-0.2, -0.15) is 0 Å². The van der Waals surface area contributed by atoms with Crippen molar-refractivity contribution in [2.24, 2.45) is 0 Å². The van der Waals surface area contributed by atoms with E-state index in [1.54, 1.807) is 42.5 Å². The zero-order chi connectivity index (χ0) is 29.5. The lowest BCUT2D eigenvalue weighted by Gasteiger charge is -2.26. The Balaban J connectivity index is 1.25. The van der Waals surface area contributed by atoms with E-state index in [9.17, 15) is 19.2 Å². The normalized spacial score (nSPS) is 17.1. The summed E-state index contributed by atoms with van der Waals surface area (Å²) in [5.41, 5.74) is 1.90. The van der Waals surface area contributed by atoms with E-state index >= 15 is 0 Å². The molecule has 2 N–H and O–H groups in total. The molecule has 3 aromatic carbocycles. The molecule has 2 fully saturated rings. The summed E-state index contributed by atoms with van der Waals surface area (Å²) in [6, 6.07) is 22.4. The van der Waals surface area contributed by atoms with Gasteiger partial charge >= 0.3 is 0 Å². The van der Waals surface area contributed by atoms with Crippen molar-refractivity contribution in [2.45, 2.75) is 31.7 Å². The molecule has 1 atom stereocenters. The van der Waals surface area contributed by atoms with Gasteiger partial charge in [-0.25, -0.2) is 0 Å². The molecule has 0 unspecified atom stereocenters. The van der Waals surface area contributed by atoms with E-state index in [0.29, 0.717) is 42.5 Å². The summed E-state index contributed by atoms with van der Waals surface area (Å²) in [6.07, 6.45) is 0.750. The van der Waals surface area contributed by atoms with Crippen molar-refractivity contribution in [3.8, 4) is 11.5 Å². The Bertz CT molecular complexity index is 1420. The quantitative estimate of drug-likeness (QED) is 0.358. The van der Waals surface area contributed by atoms with Crippen LogP contribution in [0.15, 0.2) is 78.9 Å². The lowest BCUT2D eigenvalue weighted by Crippen LogP contribution is -2.49. The van der Waals surface area contributed by atoms with Crippen LogP contribution in [0.4, 0.5) is 11.4 Å². The van der Waals surface area contributed by atoms with Crippen LogP contribution in [-0.4, -0.2) is 67.2 Å². The summed E-state index contributed by atoms with van der Waals surface area (Å²) >= 11 is 0. The van der Waals surface area contributed by atoms with Gasteiger partial charge in [-0.15, -0.1) is 0 Å². The maximum absolute atomic E-state index is 13.5. The average Bonchev–Trinajstić information content (AvgIpc) is 3.62. The fraction of sp³-hybridized carbons (Fsp3) is 0.290. The summed E-state index contributed by atoms with van der Waals surface area (Å²) in [4.78, 5) is 53.0. The average molecular weight is 573 g/mol. The van der Waals surface area contributed by atoms with Crippen molar-refractivity contribution in [1.29, 1.82) is 0 Å².